The first-order chi connectivity index (χ1) is 14.4. The quantitative estimate of drug-likeness (QED) is 0.321. The summed E-state index contributed by atoms with van der Waals surface area (Å²) < 4.78 is 12.7. The Kier molecular flexibility index (Phi) is 8.41. The van der Waals surface area contributed by atoms with Crippen molar-refractivity contribution >= 4 is 25.9 Å². The molecule has 0 spiro atoms. The molecule has 1 aromatic heterocycles. The third-order valence-corrected chi connectivity index (χ3v) is 6.56. The minimum atomic E-state index is -1.21. The Labute approximate surface area is 185 Å². The van der Waals surface area contributed by atoms with Gasteiger partial charge in [-0.25, -0.2) is 9.78 Å². The number of nitrogens with zero attached hydrogens (tertiary/aromatic N) is 2. The molecular weight excluding hydrogens is 416 g/mol. The number of ether oxygens (including phenoxy) is 2. The van der Waals surface area contributed by atoms with Crippen LogP contribution in [0.25, 0.3) is 0 Å². The lowest BCUT2D eigenvalue weighted by molar-refractivity contribution is -0.122. The molecule has 1 aliphatic rings. The zero-order valence-electron chi connectivity index (χ0n) is 19.5. The van der Waals surface area contributed by atoms with Crippen LogP contribution in [0.4, 0.5) is 4.79 Å². The van der Waals surface area contributed by atoms with Gasteiger partial charge >= 0.3 is 6.09 Å². The van der Waals surface area contributed by atoms with Crippen LogP contribution in [-0.2, 0) is 21.0 Å². The minimum absolute atomic E-state index is 0.109. The molecular formula is C21H36N4O5Si. The number of nitrogens with one attached hydrogen (secondary N) is 2. The van der Waals surface area contributed by atoms with E-state index >= 15 is 0 Å². The number of ketones is 1. The molecule has 0 saturated carbocycles. The summed E-state index contributed by atoms with van der Waals surface area (Å²) in [6.07, 6.45) is 3.31. The average Bonchev–Trinajstić information content (AvgIpc) is 3.24. The van der Waals surface area contributed by atoms with Crippen molar-refractivity contribution in [3.05, 3.63) is 18.2 Å². The topological polar surface area (TPSA) is 112 Å². The Morgan fingerprint density at radius 2 is 2.06 bits per heavy atom. The van der Waals surface area contributed by atoms with Crippen LogP contribution in [0.1, 0.15) is 44.2 Å². The number of rotatable bonds is 10. The normalized spacial score (nSPS) is 17.9. The van der Waals surface area contributed by atoms with Gasteiger partial charge in [0.25, 0.3) is 0 Å². The molecule has 2 rings (SSSR count). The molecule has 2 heterocycles. The SMILES string of the molecule is CC(C)(C)OC(=O)NC(C[C@@H]1CCNC1=O)C(=O)c1nccn1COCC[Si](C)(C)C. The molecule has 2 amide bonds. The van der Waals surface area contributed by atoms with Crippen LogP contribution in [0.3, 0.4) is 0 Å². The van der Waals surface area contributed by atoms with Crippen LogP contribution in [0, 0.1) is 5.92 Å². The minimum Gasteiger partial charge on any atom is -0.444 e. The smallest absolute Gasteiger partial charge is 0.408 e. The Bertz CT molecular complexity index is 781. The highest BCUT2D eigenvalue weighted by Gasteiger charge is 2.34. The summed E-state index contributed by atoms with van der Waals surface area (Å²) in [7, 11) is -1.21. The number of aromatic nitrogens is 2. The summed E-state index contributed by atoms with van der Waals surface area (Å²) in [6.45, 7) is 13.4. The van der Waals surface area contributed by atoms with E-state index in [4.69, 9.17) is 9.47 Å². The summed E-state index contributed by atoms with van der Waals surface area (Å²) in [5, 5.41) is 5.41. The molecule has 9 nitrogen and oxygen atoms in total. The van der Waals surface area contributed by atoms with Gasteiger partial charge in [-0.3, -0.25) is 9.59 Å². The first-order valence-electron chi connectivity index (χ1n) is 10.8. The van der Waals surface area contributed by atoms with Gasteiger partial charge in [0.1, 0.15) is 12.3 Å². The molecule has 1 aliphatic heterocycles. The van der Waals surface area contributed by atoms with Gasteiger partial charge in [0, 0.05) is 39.5 Å². The molecule has 31 heavy (non-hydrogen) atoms. The molecule has 1 fully saturated rings. The second-order valence-electron chi connectivity index (χ2n) is 10.1. The van der Waals surface area contributed by atoms with Gasteiger partial charge < -0.3 is 24.7 Å². The molecule has 1 unspecified atom stereocenters. The highest BCUT2D eigenvalue weighted by molar-refractivity contribution is 6.76. The Balaban J connectivity index is 2.10. The van der Waals surface area contributed by atoms with E-state index in [0.29, 0.717) is 19.6 Å². The number of carbonyl (C=O) groups excluding carboxylic acids is 3. The van der Waals surface area contributed by atoms with Gasteiger partial charge in [-0.15, -0.1) is 0 Å². The van der Waals surface area contributed by atoms with E-state index in [1.807, 2.05) is 0 Å². The van der Waals surface area contributed by atoms with E-state index in [1.165, 1.54) is 6.20 Å². The highest BCUT2D eigenvalue weighted by Crippen LogP contribution is 2.19. The largest absolute Gasteiger partial charge is 0.444 e. The summed E-state index contributed by atoms with van der Waals surface area (Å²) >= 11 is 0. The predicted octanol–water partition coefficient (Wildman–Crippen LogP) is 2.80. The summed E-state index contributed by atoms with van der Waals surface area (Å²) in [6, 6.07) is 0.0942. The molecule has 0 aliphatic carbocycles. The third-order valence-electron chi connectivity index (χ3n) is 4.85. The maximum Gasteiger partial charge on any atom is 0.408 e. The maximum absolute atomic E-state index is 13.3. The molecule has 0 bridgehead atoms. The number of carbonyl (C=O) groups is 3. The van der Waals surface area contributed by atoms with Crippen molar-refractivity contribution in [2.75, 3.05) is 13.2 Å². The molecule has 1 aromatic rings. The standard InChI is InChI=1S/C21H36N4O5Si/c1-21(2,3)30-20(28)24-16(13-15-7-8-23-19(15)27)17(26)18-22-9-10-25(18)14-29-11-12-31(4,5)6/h9-10,15-16H,7-8,11-14H2,1-6H3,(H,23,27)(H,24,28)/t15-,16?/m0/s1. The number of imidazole rings is 1. The second-order valence-corrected chi connectivity index (χ2v) is 15.8. The zero-order valence-corrected chi connectivity index (χ0v) is 20.5. The van der Waals surface area contributed by atoms with Crippen molar-refractivity contribution in [2.45, 2.75) is 77.7 Å². The van der Waals surface area contributed by atoms with Crippen LogP contribution < -0.4 is 10.6 Å². The van der Waals surface area contributed by atoms with Gasteiger partial charge in [-0.2, -0.15) is 0 Å². The Morgan fingerprint density at radius 1 is 1.35 bits per heavy atom. The highest BCUT2D eigenvalue weighted by atomic mass is 28.3. The molecule has 174 valence electrons. The number of alkyl carbamates (subject to hydrolysis) is 1. The van der Waals surface area contributed by atoms with Crippen LogP contribution >= 0.6 is 0 Å². The fourth-order valence-corrected chi connectivity index (χ4v) is 3.93. The van der Waals surface area contributed by atoms with Crippen LogP contribution in [-0.4, -0.2) is 60.2 Å². The van der Waals surface area contributed by atoms with E-state index in [-0.39, 0.29) is 36.6 Å². The monoisotopic (exact) mass is 452 g/mol. The second kappa shape index (κ2) is 10.4. The Hall–Kier alpha value is -2.20. The molecule has 10 heteroatoms. The fourth-order valence-electron chi connectivity index (χ4n) is 3.17. The first kappa shape index (κ1) is 25.1. The lowest BCUT2D eigenvalue weighted by atomic mass is 9.95. The van der Waals surface area contributed by atoms with Gasteiger partial charge in [-0.05, 0) is 39.7 Å². The molecule has 0 radical (unpaired) electrons. The number of amides is 2. The van der Waals surface area contributed by atoms with Gasteiger partial charge in [0.15, 0.2) is 5.82 Å². The molecule has 2 atom stereocenters. The van der Waals surface area contributed by atoms with E-state index in [1.54, 1.807) is 31.5 Å². The summed E-state index contributed by atoms with van der Waals surface area (Å²) in [5.74, 6) is -0.640. The van der Waals surface area contributed by atoms with Crippen molar-refractivity contribution in [3.8, 4) is 0 Å². The summed E-state index contributed by atoms with van der Waals surface area (Å²) in [5.41, 5.74) is -0.703. The van der Waals surface area contributed by atoms with Gasteiger partial charge in [0.2, 0.25) is 11.7 Å². The molecule has 0 aromatic carbocycles. The van der Waals surface area contributed by atoms with Crippen molar-refractivity contribution in [3.63, 3.8) is 0 Å². The Morgan fingerprint density at radius 3 is 2.65 bits per heavy atom. The fraction of sp³-hybridized carbons (Fsp3) is 0.714. The van der Waals surface area contributed by atoms with Crippen LogP contribution in [0.5, 0.6) is 0 Å². The van der Waals surface area contributed by atoms with E-state index in [0.717, 1.165) is 6.04 Å². The maximum atomic E-state index is 13.3. The van der Waals surface area contributed by atoms with E-state index in [9.17, 15) is 14.4 Å². The first-order valence-corrected chi connectivity index (χ1v) is 14.5. The van der Waals surface area contributed by atoms with E-state index < -0.39 is 25.8 Å². The zero-order chi connectivity index (χ0) is 23.2. The van der Waals surface area contributed by atoms with Crippen LogP contribution in [0.2, 0.25) is 25.7 Å². The van der Waals surface area contributed by atoms with Crippen molar-refractivity contribution in [1.82, 2.24) is 20.2 Å². The number of hydrogen-bond donors (Lipinski definition) is 2. The van der Waals surface area contributed by atoms with Crippen molar-refractivity contribution in [2.24, 2.45) is 5.92 Å². The molecule has 2 N–H and O–H groups in total. The third kappa shape index (κ3) is 8.45. The number of Topliss-reactive ketones (excluding diaryl/α,β-unsaturated/α-hetero) is 1. The lowest BCUT2D eigenvalue weighted by Gasteiger charge is -2.24. The lowest BCUT2D eigenvalue weighted by Crippen LogP contribution is -2.45. The summed E-state index contributed by atoms with van der Waals surface area (Å²) in [4.78, 5) is 41.9. The van der Waals surface area contributed by atoms with Crippen molar-refractivity contribution < 1.29 is 23.9 Å². The molecule has 1 saturated heterocycles. The average molecular weight is 453 g/mol. The van der Waals surface area contributed by atoms with Gasteiger partial charge in [0.05, 0.1) is 6.04 Å². The van der Waals surface area contributed by atoms with Gasteiger partial charge in [-0.1, -0.05) is 19.6 Å². The van der Waals surface area contributed by atoms with Crippen molar-refractivity contribution in [1.29, 1.82) is 0 Å². The predicted molar refractivity (Wildman–Crippen MR) is 120 cm³/mol. The van der Waals surface area contributed by atoms with E-state index in [2.05, 4.69) is 35.3 Å². The van der Waals surface area contributed by atoms with Crippen LogP contribution in [0.15, 0.2) is 12.4 Å². The number of hydrogen-bond acceptors (Lipinski definition) is 6.